The molecule has 0 radical (unpaired) electrons. The summed E-state index contributed by atoms with van der Waals surface area (Å²) in [5.74, 6) is 0.195. The molecule has 0 unspecified atom stereocenters. The van der Waals surface area contributed by atoms with E-state index >= 15 is 0 Å². The van der Waals surface area contributed by atoms with Gasteiger partial charge in [0, 0.05) is 24.2 Å². The van der Waals surface area contributed by atoms with Crippen LogP contribution >= 0.6 is 11.6 Å². The molecule has 2 aromatic rings. The maximum absolute atomic E-state index is 11.8. The van der Waals surface area contributed by atoms with Crippen LogP contribution in [0, 0.1) is 0 Å². The van der Waals surface area contributed by atoms with Crippen LogP contribution in [0.4, 0.5) is 10.5 Å². The molecule has 0 fully saturated rings. The molecule has 2 rings (SSSR count). The number of rotatable bonds is 8. The number of nitrogens with one attached hydrogen (secondary N) is 1. The fourth-order valence-electron chi connectivity index (χ4n) is 2.13. The van der Waals surface area contributed by atoms with E-state index in [4.69, 9.17) is 16.3 Å². The van der Waals surface area contributed by atoms with Crippen molar-refractivity contribution in [3.05, 3.63) is 47.2 Å². The lowest BCUT2D eigenvalue weighted by molar-refractivity contribution is -0.117. The zero-order valence-corrected chi connectivity index (χ0v) is 14.3. The van der Waals surface area contributed by atoms with E-state index in [0.717, 1.165) is 18.4 Å². The Morgan fingerprint density at radius 3 is 2.92 bits per heavy atom. The van der Waals surface area contributed by atoms with Crippen molar-refractivity contribution < 1.29 is 14.3 Å². The molecule has 0 saturated heterocycles. The molecule has 0 atom stereocenters. The largest absolute Gasteiger partial charge is 0.444 e. The second-order valence-corrected chi connectivity index (χ2v) is 5.92. The number of hydrogen-bond acceptors (Lipinski definition) is 4. The summed E-state index contributed by atoms with van der Waals surface area (Å²) in [4.78, 5) is 22.6. The summed E-state index contributed by atoms with van der Waals surface area (Å²) in [6.07, 6.45) is 5.02. The number of nitrogens with zero attached hydrogens (tertiary/aromatic N) is 2. The third-order valence-electron chi connectivity index (χ3n) is 3.30. The molecule has 0 aliphatic rings. The summed E-state index contributed by atoms with van der Waals surface area (Å²) in [5, 5.41) is 7.38. The van der Waals surface area contributed by atoms with Gasteiger partial charge in [-0.25, -0.2) is 4.79 Å². The van der Waals surface area contributed by atoms with Crippen molar-refractivity contribution >= 4 is 29.2 Å². The highest BCUT2D eigenvalue weighted by molar-refractivity contribution is 6.30. The molecule has 1 N–H and O–H groups in total. The smallest absolute Gasteiger partial charge is 0.412 e. The quantitative estimate of drug-likeness (QED) is 0.730. The van der Waals surface area contributed by atoms with Crippen LogP contribution in [0.3, 0.4) is 0 Å². The van der Waals surface area contributed by atoms with Crippen LogP contribution in [0.1, 0.15) is 31.7 Å². The molecule has 0 bridgehead atoms. The standard InChI is InChI=1S/C17H20ClN3O3/c1-13(22)5-2-3-8-21-11-16(10-19-21)20-17(23)24-12-14-6-4-7-15(18)9-14/h4,6-7,9-11H,2-3,5,8,12H2,1H3,(H,20,23). The summed E-state index contributed by atoms with van der Waals surface area (Å²) in [6, 6.07) is 7.14. The van der Waals surface area contributed by atoms with E-state index in [2.05, 4.69) is 10.4 Å². The number of carbonyl (C=O) groups excluding carboxylic acids is 2. The summed E-state index contributed by atoms with van der Waals surface area (Å²) < 4.78 is 6.87. The highest BCUT2D eigenvalue weighted by Gasteiger charge is 2.06. The molecule has 0 saturated carbocycles. The second kappa shape index (κ2) is 9.08. The normalized spacial score (nSPS) is 10.4. The molecule has 0 spiro atoms. The highest BCUT2D eigenvalue weighted by Crippen LogP contribution is 2.12. The number of hydrogen-bond donors (Lipinski definition) is 1. The summed E-state index contributed by atoms with van der Waals surface area (Å²) in [6.45, 7) is 2.43. The van der Waals surface area contributed by atoms with Gasteiger partial charge in [0.25, 0.3) is 0 Å². The van der Waals surface area contributed by atoms with Gasteiger partial charge < -0.3 is 9.53 Å². The van der Waals surface area contributed by atoms with E-state index < -0.39 is 6.09 Å². The van der Waals surface area contributed by atoms with Crippen molar-refractivity contribution in [2.45, 2.75) is 39.3 Å². The number of halogens is 1. The number of aryl methyl sites for hydroxylation is 1. The van der Waals surface area contributed by atoms with Crippen LogP contribution in [-0.4, -0.2) is 21.7 Å². The topological polar surface area (TPSA) is 73.2 Å². The lowest BCUT2D eigenvalue weighted by atomic mass is 10.2. The summed E-state index contributed by atoms with van der Waals surface area (Å²) >= 11 is 5.88. The zero-order valence-electron chi connectivity index (χ0n) is 13.5. The van der Waals surface area contributed by atoms with Crippen LogP contribution in [-0.2, 0) is 22.7 Å². The van der Waals surface area contributed by atoms with Gasteiger partial charge in [-0.3, -0.25) is 10.00 Å². The van der Waals surface area contributed by atoms with E-state index in [9.17, 15) is 9.59 Å². The van der Waals surface area contributed by atoms with Gasteiger partial charge in [0.05, 0.1) is 11.9 Å². The number of amides is 1. The Bertz CT molecular complexity index is 700. The molecular weight excluding hydrogens is 330 g/mol. The van der Waals surface area contributed by atoms with Crippen molar-refractivity contribution in [3.63, 3.8) is 0 Å². The van der Waals surface area contributed by atoms with Crippen LogP contribution in [0.5, 0.6) is 0 Å². The van der Waals surface area contributed by atoms with E-state index in [1.165, 1.54) is 0 Å². The number of carbonyl (C=O) groups is 2. The maximum atomic E-state index is 11.8. The van der Waals surface area contributed by atoms with Gasteiger partial charge >= 0.3 is 6.09 Å². The summed E-state index contributed by atoms with van der Waals surface area (Å²) in [5.41, 5.74) is 1.39. The number of ketones is 1. The molecule has 6 nitrogen and oxygen atoms in total. The summed E-state index contributed by atoms with van der Waals surface area (Å²) in [7, 11) is 0. The van der Waals surface area contributed by atoms with Crippen molar-refractivity contribution in [1.29, 1.82) is 0 Å². The van der Waals surface area contributed by atoms with Crippen LogP contribution in [0.15, 0.2) is 36.7 Å². The molecule has 7 heteroatoms. The first-order chi connectivity index (χ1) is 11.5. The Kier molecular flexibility index (Phi) is 6.81. The number of ether oxygens (including phenoxy) is 1. The number of unbranched alkanes of at least 4 members (excludes halogenated alkanes) is 1. The monoisotopic (exact) mass is 349 g/mol. The Morgan fingerprint density at radius 2 is 2.17 bits per heavy atom. The SMILES string of the molecule is CC(=O)CCCCn1cc(NC(=O)OCc2cccc(Cl)c2)cn1. The van der Waals surface area contributed by atoms with Gasteiger partial charge in [-0.1, -0.05) is 23.7 Å². The highest BCUT2D eigenvalue weighted by atomic mass is 35.5. The van der Waals surface area contributed by atoms with E-state index in [1.807, 2.05) is 6.07 Å². The number of benzene rings is 1. The minimum atomic E-state index is -0.550. The van der Waals surface area contributed by atoms with Crippen molar-refractivity contribution in [1.82, 2.24) is 9.78 Å². The fourth-order valence-corrected chi connectivity index (χ4v) is 2.34. The van der Waals surface area contributed by atoms with Crippen LogP contribution < -0.4 is 5.32 Å². The maximum Gasteiger partial charge on any atom is 0.412 e. The first-order valence-corrected chi connectivity index (χ1v) is 8.11. The first-order valence-electron chi connectivity index (χ1n) is 7.73. The number of Topliss-reactive ketones (excluding diaryl/α,β-unsaturated/α-hetero) is 1. The number of aromatic nitrogens is 2. The lowest BCUT2D eigenvalue weighted by Gasteiger charge is -2.05. The molecule has 1 heterocycles. The van der Waals surface area contributed by atoms with Gasteiger partial charge in [0.15, 0.2) is 0 Å². The molecule has 0 aliphatic heterocycles. The van der Waals surface area contributed by atoms with Crippen molar-refractivity contribution in [2.75, 3.05) is 5.32 Å². The van der Waals surface area contributed by atoms with Crippen molar-refractivity contribution in [3.8, 4) is 0 Å². The molecule has 0 aliphatic carbocycles. The molecule has 128 valence electrons. The van der Waals surface area contributed by atoms with E-state index in [0.29, 0.717) is 23.7 Å². The Balaban J connectivity index is 1.73. The minimum absolute atomic E-state index is 0.144. The zero-order chi connectivity index (χ0) is 17.4. The third kappa shape index (κ3) is 6.42. The lowest BCUT2D eigenvalue weighted by Crippen LogP contribution is -2.13. The molecule has 1 amide bonds. The van der Waals surface area contributed by atoms with Gasteiger partial charge in [-0.2, -0.15) is 5.10 Å². The Morgan fingerprint density at radius 1 is 1.33 bits per heavy atom. The van der Waals surface area contributed by atoms with Crippen LogP contribution in [0.25, 0.3) is 0 Å². The van der Waals surface area contributed by atoms with Crippen molar-refractivity contribution in [2.24, 2.45) is 0 Å². The van der Waals surface area contributed by atoms with E-state index in [1.54, 1.807) is 42.2 Å². The van der Waals surface area contributed by atoms with Crippen LogP contribution in [0.2, 0.25) is 5.02 Å². The Hall–Kier alpha value is -2.34. The molecular formula is C17H20ClN3O3. The van der Waals surface area contributed by atoms with Gasteiger partial charge in [0.2, 0.25) is 0 Å². The predicted molar refractivity (Wildman–Crippen MR) is 92.0 cm³/mol. The average Bonchev–Trinajstić information content (AvgIpc) is 2.97. The molecule has 1 aromatic heterocycles. The fraction of sp³-hybridized carbons (Fsp3) is 0.353. The predicted octanol–water partition coefficient (Wildman–Crippen LogP) is 4.04. The Labute approximate surface area is 145 Å². The first kappa shape index (κ1) is 18.0. The average molecular weight is 350 g/mol. The second-order valence-electron chi connectivity index (χ2n) is 5.48. The van der Waals surface area contributed by atoms with E-state index in [-0.39, 0.29) is 12.4 Å². The van der Waals surface area contributed by atoms with Gasteiger partial charge in [0.1, 0.15) is 12.4 Å². The number of anilines is 1. The minimum Gasteiger partial charge on any atom is -0.444 e. The molecule has 24 heavy (non-hydrogen) atoms. The van der Waals surface area contributed by atoms with Gasteiger partial charge in [-0.15, -0.1) is 0 Å². The third-order valence-corrected chi connectivity index (χ3v) is 3.54. The molecule has 1 aromatic carbocycles. The van der Waals surface area contributed by atoms with Gasteiger partial charge in [-0.05, 0) is 37.5 Å².